The summed E-state index contributed by atoms with van der Waals surface area (Å²) in [5.41, 5.74) is 14.6. The molecule has 9 aromatic rings. The minimum Gasteiger partial charge on any atom is -0.255 e. The van der Waals surface area contributed by atoms with Crippen molar-refractivity contribution in [1.82, 2.24) is 24.9 Å². The van der Waals surface area contributed by atoms with Crippen molar-refractivity contribution in [3.8, 4) is 90.1 Å². The molecule has 0 fully saturated rings. The fourth-order valence-corrected chi connectivity index (χ4v) is 6.60. The first-order valence-electron chi connectivity index (χ1n) is 17.9. The Kier molecular flexibility index (Phi) is 8.86. The predicted octanol–water partition coefficient (Wildman–Crippen LogP) is 12.0. The van der Waals surface area contributed by atoms with Crippen molar-refractivity contribution in [2.24, 2.45) is 0 Å². The molecule has 0 saturated heterocycles. The zero-order chi connectivity index (χ0) is 36.1. The molecule has 0 aliphatic carbocycles. The van der Waals surface area contributed by atoms with Crippen LogP contribution in [0, 0.1) is 0 Å². The quantitative estimate of drug-likeness (QED) is 0.159. The molecule has 0 atom stereocenters. The van der Waals surface area contributed by atoms with E-state index in [1.54, 1.807) is 6.20 Å². The second-order valence-electron chi connectivity index (χ2n) is 13.0. The zero-order valence-corrected chi connectivity index (χ0v) is 29.3. The third kappa shape index (κ3) is 6.94. The van der Waals surface area contributed by atoms with E-state index in [-0.39, 0.29) is 0 Å². The molecule has 54 heavy (non-hydrogen) atoms. The Morgan fingerprint density at radius 3 is 1.31 bits per heavy atom. The first kappa shape index (κ1) is 32.5. The largest absolute Gasteiger partial charge is 0.255 e. The van der Waals surface area contributed by atoms with Crippen molar-refractivity contribution in [2.75, 3.05) is 0 Å². The Labute approximate surface area is 314 Å². The van der Waals surface area contributed by atoms with E-state index in [9.17, 15) is 0 Å². The van der Waals surface area contributed by atoms with Crippen molar-refractivity contribution in [2.45, 2.75) is 0 Å². The summed E-state index contributed by atoms with van der Waals surface area (Å²) in [7, 11) is 0. The molecule has 5 nitrogen and oxygen atoms in total. The normalized spacial score (nSPS) is 11.0. The summed E-state index contributed by atoms with van der Waals surface area (Å²) in [5, 5.41) is 0. The monoisotopic (exact) mass is 691 g/mol. The maximum Gasteiger partial charge on any atom is 0.160 e. The zero-order valence-electron chi connectivity index (χ0n) is 29.3. The third-order valence-electron chi connectivity index (χ3n) is 9.42. The maximum atomic E-state index is 5.00. The predicted molar refractivity (Wildman–Crippen MR) is 219 cm³/mol. The minimum absolute atomic E-state index is 0.692. The Balaban J connectivity index is 1.00. The van der Waals surface area contributed by atoms with Gasteiger partial charge in [0.25, 0.3) is 0 Å². The fraction of sp³-hybridized carbons (Fsp3) is 0. The van der Waals surface area contributed by atoms with Crippen molar-refractivity contribution < 1.29 is 0 Å². The van der Waals surface area contributed by atoms with Gasteiger partial charge in [-0.15, -0.1) is 0 Å². The van der Waals surface area contributed by atoms with Crippen LogP contribution < -0.4 is 0 Å². The van der Waals surface area contributed by atoms with Gasteiger partial charge in [0, 0.05) is 34.6 Å². The van der Waals surface area contributed by atoms with Crippen LogP contribution in [0.4, 0.5) is 0 Å². The van der Waals surface area contributed by atoms with E-state index >= 15 is 0 Å². The Morgan fingerprint density at radius 1 is 0.241 bits per heavy atom. The van der Waals surface area contributed by atoms with Gasteiger partial charge in [-0.2, -0.15) is 0 Å². The summed E-state index contributed by atoms with van der Waals surface area (Å²) in [6.07, 6.45) is 3.72. The Morgan fingerprint density at radius 2 is 0.741 bits per heavy atom. The second kappa shape index (κ2) is 14.7. The lowest BCUT2D eigenvalue weighted by Gasteiger charge is -2.11. The van der Waals surface area contributed by atoms with E-state index in [0.717, 1.165) is 84.2 Å². The molecular formula is C49H33N5. The number of hydrogen-bond donors (Lipinski definition) is 0. The van der Waals surface area contributed by atoms with E-state index < -0.39 is 0 Å². The van der Waals surface area contributed by atoms with Gasteiger partial charge in [-0.3, -0.25) is 9.97 Å². The van der Waals surface area contributed by atoms with Crippen molar-refractivity contribution >= 4 is 0 Å². The first-order valence-corrected chi connectivity index (χ1v) is 17.9. The lowest BCUT2D eigenvalue weighted by molar-refractivity contribution is 1.18. The van der Waals surface area contributed by atoms with Gasteiger partial charge in [0.1, 0.15) is 0 Å². The van der Waals surface area contributed by atoms with Crippen LogP contribution >= 0.6 is 0 Å². The number of nitrogens with zero attached hydrogens (tertiary/aromatic N) is 5. The highest BCUT2D eigenvalue weighted by Gasteiger charge is 2.13. The molecule has 5 heteroatoms. The number of benzene rings is 5. The van der Waals surface area contributed by atoms with Gasteiger partial charge < -0.3 is 0 Å². The molecule has 254 valence electrons. The van der Waals surface area contributed by atoms with Crippen LogP contribution in [0.5, 0.6) is 0 Å². The topological polar surface area (TPSA) is 64.5 Å². The molecule has 0 aliphatic heterocycles. The summed E-state index contributed by atoms with van der Waals surface area (Å²) in [6, 6.07) is 64.2. The van der Waals surface area contributed by atoms with Gasteiger partial charge in [-0.1, -0.05) is 146 Å². The Hall–Kier alpha value is -7.37. The molecule has 4 aromatic heterocycles. The molecule has 0 N–H and O–H groups in total. The molecule has 0 spiro atoms. The smallest absolute Gasteiger partial charge is 0.160 e. The molecule has 0 bridgehead atoms. The summed E-state index contributed by atoms with van der Waals surface area (Å²) < 4.78 is 0. The first-order chi connectivity index (χ1) is 26.7. The second-order valence-corrected chi connectivity index (χ2v) is 13.0. The molecule has 0 unspecified atom stereocenters. The molecule has 0 aliphatic rings. The molecule has 5 aromatic carbocycles. The van der Waals surface area contributed by atoms with Crippen molar-refractivity contribution in [3.05, 3.63) is 200 Å². The van der Waals surface area contributed by atoms with E-state index in [1.165, 1.54) is 0 Å². The van der Waals surface area contributed by atoms with Crippen LogP contribution in [-0.2, 0) is 0 Å². The molecule has 4 heterocycles. The minimum atomic E-state index is 0.692. The lowest BCUT2D eigenvalue weighted by Crippen LogP contribution is -1.96. The average Bonchev–Trinajstić information content (AvgIpc) is 3.27. The van der Waals surface area contributed by atoms with Crippen molar-refractivity contribution in [3.63, 3.8) is 0 Å². The summed E-state index contributed by atoms with van der Waals surface area (Å²) in [4.78, 5) is 24.5. The van der Waals surface area contributed by atoms with Crippen LogP contribution in [0.25, 0.3) is 90.1 Å². The standard InChI is InChI=1S/C49H33N5/c1-4-13-34(14-5-1)42-30-47(43-21-10-11-28-50-43)52-48(31-42)44-27-26-41(33-51-44)40-20-12-19-39(29-40)35-22-24-38(25-23-35)49-53-45(36-15-6-2-7-16-36)32-46(54-49)37-17-8-3-9-18-37/h1-33H. The van der Waals surface area contributed by atoms with Gasteiger partial charge in [-0.05, 0) is 70.3 Å². The highest BCUT2D eigenvalue weighted by atomic mass is 14.9. The molecule has 0 radical (unpaired) electrons. The van der Waals surface area contributed by atoms with Gasteiger partial charge in [0.05, 0.1) is 34.2 Å². The van der Waals surface area contributed by atoms with Gasteiger partial charge in [-0.25, -0.2) is 15.0 Å². The average molecular weight is 692 g/mol. The van der Waals surface area contributed by atoms with Gasteiger partial charge >= 0.3 is 0 Å². The van der Waals surface area contributed by atoms with E-state index in [4.69, 9.17) is 19.9 Å². The number of aromatic nitrogens is 5. The van der Waals surface area contributed by atoms with Crippen LogP contribution in [0.1, 0.15) is 0 Å². The van der Waals surface area contributed by atoms with E-state index in [2.05, 4.69) is 114 Å². The molecule has 0 saturated carbocycles. The summed E-state index contributed by atoms with van der Waals surface area (Å²) in [6.45, 7) is 0. The van der Waals surface area contributed by atoms with Crippen LogP contribution in [-0.4, -0.2) is 24.9 Å². The van der Waals surface area contributed by atoms with Gasteiger partial charge in [0.15, 0.2) is 5.82 Å². The molecular weight excluding hydrogens is 659 g/mol. The summed E-state index contributed by atoms with van der Waals surface area (Å²) in [5.74, 6) is 0.692. The van der Waals surface area contributed by atoms with Crippen LogP contribution in [0.2, 0.25) is 0 Å². The third-order valence-corrected chi connectivity index (χ3v) is 9.42. The number of hydrogen-bond acceptors (Lipinski definition) is 5. The highest BCUT2D eigenvalue weighted by Crippen LogP contribution is 2.33. The lowest BCUT2D eigenvalue weighted by atomic mass is 9.98. The maximum absolute atomic E-state index is 5.00. The van der Waals surface area contributed by atoms with Gasteiger partial charge in [0.2, 0.25) is 0 Å². The number of rotatable bonds is 8. The fourth-order valence-electron chi connectivity index (χ4n) is 6.60. The van der Waals surface area contributed by atoms with Crippen molar-refractivity contribution in [1.29, 1.82) is 0 Å². The number of pyridine rings is 3. The van der Waals surface area contributed by atoms with Crippen LogP contribution in [0.15, 0.2) is 200 Å². The van der Waals surface area contributed by atoms with E-state index in [1.807, 2.05) is 85.1 Å². The summed E-state index contributed by atoms with van der Waals surface area (Å²) >= 11 is 0. The Bertz CT molecular complexity index is 2360. The molecule has 0 amide bonds. The highest BCUT2D eigenvalue weighted by molar-refractivity contribution is 5.78. The SMILES string of the molecule is c1ccc(-c2cc(-c3ccccn3)nc(-c3ccc(-c4cccc(-c5ccc(-c6nc(-c7ccccc7)cc(-c7ccccc7)n6)cc5)c4)cn3)c2)cc1. The van der Waals surface area contributed by atoms with Crippen LogP contribution in [0.3, 0.4) is 0 Å². The molecule has 9 rings (SSSR count). The van der Waals surface area contributed by atoms with E-state index in [0.29, 0.717) is 5.82 Å².